The van der Waals surface area contributed by atoms with Crippen molar-refractivity contribution < 1.29 is 32.6 Å². The van der Waals surface area contributed by atoms with Gasteiger partial charge in [-0.2, -0.15) is 0 Å². The normalized spacial score (nSPS) is 11.6. The summed E-state index contributed by atoms with van der Waals surface area (Å²) >= 11 is 0.539. The summed E-state index contributed by atoms with van der Waals surface area (Å²) < 4.78 is 28.1. The topological polar surface area (TPSA) is 203 Å². The molecule has 186 valence electrons. The van der Waals surface area contributed by atoms with Crippen LogP contribution in [0.5, 0.6) is 5.75 Å². The molecule has 2 aliphatic rings. The standard InChI is InChI=1S/C23H14N4O8S2/c24-37(33,34)23-27-26-22(36-23)25-20(30)10-1-4-13(16(7-10)21(31)32)19-14-5-2-11(28)8-17(14)35-18-9-12(29)3-6-15(18)19/h1-9,28H,(H,31,32)(H2,24,33,34)(H,25,26,30). The summed E-state index contributed by atoms with van der Waals surface area (Å²) in [6.07, 6.45) is 0. The molecule has 0 unspecified atom stereocenters. The summed E-state index contributed by atoms with van der Waals surface area (Å²) in [5.41, 5.74) is 0.698. The molecular weight excluding hydrogens is 524 g/mol. The molecule has 1 aliphatic carbocycles. The van der Waals surface area contributed by atoms with Crippen molar-refractivity contribution in [3.05, 3.63) is 75.9 Å². The lowest BCUT2D eigenvalue weighted by Gasteiger charge is -2.17. The van der Waals surface area contributed by atoms with E-state index < -0.39 is 26.2 Å². The monoisotopic (exact) mass is 538 g/mol. The number of carbonyl (C=O) groups is 2. The maximum atomic E-state index is 12.8. The van der Waals surface area contributed by atoms with Crippen molar-refractivity contribution in [2.24, 2.45) is 5.14 Å². The molecule has 0 atom stereocenters. The Balaban J connectivity index is 1.65. The highest BCUT2D eigenvalue weighted by Gasteiger charge is 2.24. The summed E-state index contributed by atoms with van der Waals surface area (Å²) in [5.74, 6) is -2.00. The van der Waals surface area contributed by atoms with Gasteiger partial charge in [-0.3, -0.25) is 14.9 Å². The smallest absolute Gasteiger partial charge is 0.336 e. The molecule has 14 heteroatoms. The van der Waals surface area contributed by atoms with Gasteiger partial charge in [0.15, 0.2) is 5.43 Å². The first-order valence-corrected chi connectivity index (χ1v) is 12.6. The number of carboxylic acids is 1. The number of rotatable bonds is 5. The van der Waals surface area contributed by atoms with Gasteiger partial charge in [0.2, 0.25) is 9.47 Å². The molecule has 12 nitrogen and oxygen atoms in total. The zero-order chi connectivity index (χ0) is 26.5. The third-order valence-corrected chi connectivity index (χ3v) is 7.48. The van der Waals surface area contributed by atoms with E-state index in [0.29, 0.717) is 27.8 Å². The molecular formula is C23H14N4O8S2. The number of phenolic OH excluding ortho intramolecular Hbond substituents is 1. The van der Waals surface area contributed by atoms with Crippen LogP contribution in [0.4, 0.5) is 5.13 Å². The Morgan fingerprint density at radius 2 is 1.76 bits per heavy atom. The maximum Gasteiger partial charge on any atom is 0.336 e. The number of sulfonamides is 1. The number of aromatic nitrogens is 2. The van der Waals surface area contributed by atoms with Crippen LogP contribution in [0.25, 0.3) is 33.4 Å². The van der Waals surface area contributed by atoms with Gasteiger partial charge in [-0.1, -0.05) is 17.4 Å². The van der Waals surface area contributed by atoms with E-state index in [-0.39, 0.29) is 44.3 Å². The zero-order valence-corrected chi connectivity index (χ0v) is 20.0. The van der Waals surface area contributed by atoms with E-state index in [1.165, 1.54) is 42.5 Å². The first kappa shape index (κ1) is 24.1. The van der Waals surface area contributed by atoms with Gasteiger partial charge in [-0.25, -0.2) is 18.4 Å². The molecule has 0 bridgehead atoms. The summed E-state index contributed by atoms with van der Waals surface area (Å²) in [6.45, 7) is 0. The zero-order valence-electron chi connectivity index (χ0n) is 18.3. The number of nitrogens with zero attached hydrogens (tertiary/aromatic N) is 2. The number of aromatic carboxylic acids is 1. The van der Waals surface area contributed by atoms with Crippen molar-refractivity contribution in [2.45, 2.75) is 4.34 Å². The first-order valence-electron chi connectivity index (χ1n) is 10.3. The number of benzene rings is 3. The van der Waals surface area contributed by atoms with Gasteiger partial charge < -0.3 is 14.6 Å². The van der Waals surface area contributed by atoms with E-state index in [1.807, 2.05) is 0 Å². The minimum Gasteiger partial charge on any atom is -0.508 e. The van der Waals surface area contributed by atoms with E-state index in [2.05, 4.69) is 15.5 Å². The van der Waals surface area contributed by atoms with Crippen LogP contribution in [0.2, 0.25) is 0 Å². The van der Waals surface area contributed by atoms with Crippen LogP contribution in [0.3, 0.4) is 0 Å². The van der Waals surface area contributed by atoms with E-state index >= 15 is 0 Å². The highest BCUT2D eigenvalue weighted by Crippen LogP contribution is 2.42. The van der Waals surface area contributed by atoms with Crippen LogP contribution >= 0.6 is 11.3 Å². The van der Waals surface area contributed by atoms with Crippen LogP contribution < -0.4 is 15.9 Å². The van der Waals surface area contributed by atoms with Gasteiger partial charge in [0, 0.05) is 34.2 Å². The SMILES string of the molecule is NS(=O)(=O)c1nnc(NC(=O)c2ccc(-c3c4ccc(=O)cc-4oc4cc(O)ccc34)c(C(=O)O)c2)s1. The van der Waals surface area contributed by atoms with E-state index in [9.17, 15) is 33.0 Å². The van der Waals surface area contributed by atoms with Crippen molar-refractivity contribution in [2.75, 3.05) is 5.32 Å². The number of carbonyl (C=O) groups excluding carboxylic acids is 1. The Kier molecular flexibility index (Phi) is 5.70. The minimum atomic E-state index is -4.11. The molecule has 0 saturated heterocycles. The largest absolute Gasteiger partial charge is 0.508 e. The lowest BCUT2D eigenvalue weighted by atomic mass is 9.90. The molecule has 2 aromatic carbocycles. The second kappa shape index (κ2) is 8.77. The highest BCUT2D eigenvalue weighted by atomic mass is 32.2. The third-order valence-electron chi connectivity index (χ3n) is 5.33. The van der Waals surface area contributed by atoms with E-state index in [4.69, 9.17) is 9.56 Å². The fourth-order valence-electron chi connectivity index (χ4n) is 3.77. The Labute approximate surface area is 211 Å². The predicted molar refractivity (Wildman–Crippen MR) is 132 cm³/mol. The molecule has 1 amide bonds. The van der Waals surface area contributed by atoms with Gasteiger partial charge in [-0.15, -0.1) is 10.2 Å². The number of primary sulfonamides is 1. The molecule has 0 spiro atoms. The molecule has 0 fully saturated rings. The number of aromatic hydroxyl groups is 1. The number of amides is 1. The number of carboxylic acid groups (broad SMARTS) is 1. The number of nitrogens with one attached hydrogen (secondary N) is 1. The Hall–Kier alpha value is -4.66. The predicted octanol–water partition coefficient (Wildman–Crippen LogP) is 2.72. The lowest BCUT2D eigenvalue weighted by molar-refractivity contribution is 0.0697. The number of nitrogens with two attached hydrogens (primary N) is 1. The number of hydrogen-bond acceptors (Lipinski definition) is 10. The second-order valence-electron chi connectivity index (χ2n) is 7.75. The quantitative estimate of drug-likeness (QED) is 0.190. The van der Waals surface area contributed by atoms with Crippen LogP contribution in [-0.4, -0.2) is 40.7 Å². The summed E-state index contributed by atoms with van der Waals surface area (Å²) in [6, 6.07) is 12.3. The molecule has 0 radical (unpaired) electrons. The molecule has 5 rings (SSSR count). The number of hydrogen-bond donors (Lipinski definition) is 4. The van der Waals surface area contributed by atoms with Crippen LogP contribution in [0, 0.1) is 0 Å². The summed E-state index contributed by atoms with van der Waals surface area (Å²) in [7, 11) is -4.11. The van der Waals surface area contributed by atoms with Crippen molar-refractivity contribution in [3.63, 3.8) is 0 Å². The maximum absolute atomic E-state index is 12.8. The van der Waals surface area contributed by atoms with E-state index in [1.54, 1.807) is 6.07 Å². The second-order valence-corrected chi connectivity index (χ2v) is 10.5. The van der Waals surface area contributed by atoms with E-state index in [0.717, 1.165) is 6.07 Å². The number of anilines is 1. The summed E-state index contributed by atoms with van der Waals surface area (Å²) in [4.78, 5) is 37.0. The van der Waals surface area contributed by atoms with Gasteiger partial charge >= 0.3 is 5.97 Å². The van der Waals surface area contributed by atoms with Crippen LogP contribution in [0.1, 0.15) is 20.7 Å². The average Bonchev–Trinajstić information content (AvgIpc) is 3.31. The lowest BCUT2D eigenvalue weighted by Crippen LogP contribution is -2.13. The third kappa shape index (κ3) is 4.51. The molecule has 1 aliphatic heterocycles. The average molecular weight is 539 g/mol. The highest BCUT2D eigenvalue weighted by molar-refractivity contribution is 7.91. The Morgan fingerprint density at radius 3 is 2.46 bits per heavy atom. The van der Waals surface area contributed by atoms with Gasteiger partial charge in [0.1, 0.15) is 17.1 Å². The fraction of sp³-hybridized carbons (Fsp3) is 0. The first-order chi connectivity index (χ1) is 17.5. The van der Waals surface area contributed by atoms with Crippen molar-refractivity contribution in [1.29, 1.82) is 0 Å². The van der Waals surface area contributed by atoms with Crippen molar-refractivity contribution >= 4 is 49.3 Å². The molecule has 2 heterocycles. The van der Waals surface area contributed by atoms with Gasteiger partial charge in [0.05, 0.1) is 5.56 Å². The fourth-order valence-corrected chi connectivity index (χ4v) is 5.10. The summed E-state index contributed by atoms with van der Waals surface area (Å²) in [5, 5.41) is 34.6. The van der Waals surface area contributed by atoms with Crippen molar-refractivity contribution in [1.82, 2.24) is 10.2 Å². The molecule has 0 saturated carbocycles. The van der Waals surface area contributed by atoms with Crippen LogP contribution in [-0.2, 0) is 10.0 Å². The minimum absolute atomic E-state index is 0.0535. The van der Waals surface area contributed by atoms with Crippen LogP contribution in [0.15, 0.2) is 68.1 Å². The number of phenols is 1. The molecule has 3 aromatic rings. The van der Waals surface area contributed by atoms with Gasteiger partial charge in [-0.05, 0) is 42.0 Å². The van der Waals surface area contributed by atoms with Crippen molar-refractivity contribution in [3.8, 4) is 28.2 Å². The molecule has 1 aromatic heterocycles. The molecule has 5 N–H and O–H groups in total. The van der Waals surface area contributed by atoms with Gasteiger partial charge in [0.25, 0.3) is 15.9 Å². The molecule has 37 heavy (non-hydrogen) atoms. The Morgan fingerprint density at radius 1 is 1.00 bits per heavy atom. The Bertz CT molecular complexity index is 1880. The number of fused-ring (bicyclic) bond motifs is 2.